The van der Waals surface area contributed by atoms with Crippen LogP contribution >= 0.6 is 22.9 Å². The molecule has 0 radical (unpaired) electrons. The first kappa shape index (κ1) is 12.3. The van der Waals surface area contributed by atoms with Crippen LogP contribution in [0.4, 0.5) is 0 Å². The van der Waals surface area contributed by atoms with Gasteiger partial charge in [-0.3, -0.25) is 0 Å². The first-order chi connectivity index (χ1) is 9.19. The second-order valence-electron chi connectivity index (χ2n) is 4.04. The number of rotatable bonds is 2. The smallest absolute Gasteiger partial charge is 0.354 e. The lowest BCUT2D eigenvalue weighted by Crippen LogP contribution is -2.00. The summed E-state index contributed by atoms with van der Waals surface area (Å²) in [5.74, 6) is -0.359. The van der Waals surface area contributed by atoms with Gasteiger partial charge in [0.25, 0.3) is 0 Å². The van der Waals surface area contributed by atoms with Crippen molar-refractivity contribution in [3.05, 3.63) is 47.1 Å². The molecule has 0 fully saturated rings. The van der Waals surface area contributed by atoms with E-state index in [2.05, 4.69) is 9.72 Å². The Hall–Kier alpha value is -1.78. The second kappa shape index (κ2) is 4.72. The zero-order chi connectivity index (χ0) is 13.4. The molecule has 2 heterocycles. The molecular formula is C14H10ClNO2S. The standard InChI is InChI=1S/C14H10ClNO2S/c1-18-14(17)11-7-13-10(16-11)6-12(19-13)8-4-2-3-5-9(8)15/h2-7,16H,1H3. The van der Waals surface area contributed by atoms with Crippen LogP contribution in [0.1, 0.15) is 10.5 Å². The summed E-state index contributed by atoms with van der Waals surface area (Å²) >= 11 is 7.77. The Balaban J connectivity index is 2.07. The van der Waals surface area contributed by atoms with Crippen molar-refractivity contribution in [2.24, 2.45) is 0 Å². The van der Waals surface area contributed by atoms with Crippen LogP contribution < -0.4 is 0 Å². The molecule has 0 atom stereocenters. The van der Waals surface area contributed by atoms with Gasteiger partial charge in [0.2, 0.25) is 0 Å². The molecule has 0 aliphatic carbocycles. The van der Waals surface area contributed by atoms with Crippen molar-refractivity contribution in [3.8, 4) is 10.4 Å². The fourth-order valence-corrected chi connectivity index (χ4v) is 3.33. The third-order valence-electron chi connectivity index (χ3n) is 2.85. The number of carbonyl (C=O) groups excluding carboxylic acids is 1. The number of aromatic nitrogens is 1. The van der Waals surface area contributed by atoms with E-state index in [1.54, 1.807) is 17.4 Å². The van der Waals surface area contributed by atoms with Gasteiger partial charge in [0.1, 0.15) is 5.69 Å². The summed E-state index contributed by atoms with van der Waals surface area (Å²) < 4.78 is 5.69. The highest BCUT2D eigenvalue weighted by atomic mass is 35.5. The van der Waals surface area contributed by atoms with Gasteiger partial charge in [-0.1, -0.05) is 29.8 Å². The predicted octanol–water partition coefficient (Wildman–Crippen LogP) is 4.34. The summed E-state index contributed by atoms with van der Waals surface area (Å²) in [6.45, 7) is 0. The monoisotopic (exact) mass is 291 g/mol. The molecule has 96 valence electrons. The highest BCUT2D eigenvalue weighted by molar-refractivity contribution is 7.22. The Morgan fingerprint density at radius 3 is 2.79 bits per heavy atom. The molecule has 0 saturated heterocycles. The lowest BCUT2D eigenvalue weighted by molar-refractivity contribution is 0.0595. The molecule has 0 amide bonds. The van der Waals surface area contributed by atoms with Gasteiger partial charge in [-0.15, -0.1) is 11.3 Å². The summed E-state index contributed by atoms with van der Waals surface area (Å²) in [5, 5.41) is 0.722. The van der Waals surface area contributed by atoms with E-state index in [0.29, 0.717) is 5.69 Å². The van der Waals surface area contributed by atoms with Crippen LogP contribution in [0.3, 0.4) is 0 Å². The van der Waals surface area contributed by atoms with Crippen molar-refractivity contribution < 1.29 is 9.53 Å². The number of aromatic amines is 1. The van der Waals surface area contributed by atoms with Gasteiger partial charge in [-0.05, 0) is 18.2 Å². The maximum Gasteiger partial charge on any atom is 0.354 e. The van der Waals surface area contributed by atoms with E-state index in [4.69, 9.17) is 11.6 Å². The number of hydrogen-bond acceptors (Lipinski definition) is 3. The van der Waals surface area contributed by atoms with Crippen molar-refractivity contribution in [1.29, 1.82) is 0 Å². The third kappa shape index (κ3) is 2.13. The minimum atomic E-state index is -0.359. The third-order valence-corrected chi connectivity index (χ3v) is 4.30. The van der Waals surface area contributed by atoms with Gasteiger partial charge in [-0.2, -0.15) is 0 Å². The van der Waals surface area contributed by atoms with Crippen LogP contribution in [0.2, 0.25) is 5.02 Å². The van der Waals surface area contributed by atoms with E-state index in [1.165, 1.54) is 7.11 Å². The van der Waals surface area contributed by atoms with Crippen LogP contribution in [0.15, 0.2) is 36.4 Å². The van der Waals surface area contributed by atoms with E-state index < -0.39 is 0 Å². The molecule has 2 aromatic heterocycles. The first-order valence-corrected chi connectivity index (χ1v) is 6.84. The number of nitrogens with one attached hydrogen (secondary N) is 1. The van der Waals surface area contributed by atoms with Gasteiger partial charge in [0, 0.05) is 15.5 Å². The average molecular weight is 292 g/mol. The number of esters is 1. The van der Waals surface area contributed by atoms with Gasteiger partial charge in [-0.25, -0.2) is 4.79 Å². The van der Waals surface area contributed by atoms with Crippen molar-refractivity contribution in [1.82, 2.24) is 4.98 Å². The molecule has 0 saturated carbocycles. The summed E-state index contributed by atoms with van der Waals surface area (Å²) in [4.78, 5) is 15.5. The second-order valence-corrected chi connectivity index (χ2v) is 5.53. The first-order valence-electron chi connectivity index (χ1n) is 5.65. The Bertz CT molecular complexity index is 728. The normalized spacial score (nSPS) is 10.8. The topological polar surface area (TPSA) is 42.1 Å². The molecule has 3 nitrogen and oxygen atoms in total. The van der Waals surface area contributed by atoms with Crippen LogP contribution in [0.25, 0.3) is 20.7 Å². The molecule has 0 bridgehead atoms. The fraction of sp³-hybridized carbons (Fsp3) is 0.0714. The van der Waals surface area contributed by atoms with Crippen molar-refractivity contribution in [2.75, 3.05) is 7.11 Å². The fourth-order valence-electron chi connectivity index (χ4n) is 1.94. The summed E-state index contributed by atoms with van der Waals surface area (Å²) in [5.41, 5.74) is 2.38. The molecule has 0 unspecified atom stereocenters. The van der Waals surface area contributed by atoms with E-state index in [1.807, 2.05) is 30.3 Å². The zero-order valence-corrected chi connectivity index (χ0v) is 11.6. The van der Waals surface area contributed by atoms with Gasteiger partial charge >= 0.3 is 5.97 Å². The molecule has 1 N–H and O–H groups in total. The van der Waals surface area contributed by atoms with E-state index in [9.17, 15) is 4.79 Å². The minimum Gasteiger partial charge on any atom is -0.464 e. The van der Waals surface area contributed by atoms with E-state index in [0.717, 1.165) is 25.7 Å². The Kier molecular flexibility index (Phi) is 3.05. The van der Waals surface area contributed by atoms with Crippen molar-refractivity contribution >= 4 is 39.1 Å². The number of H-pyrrole nitrogens is 1. The largest absolute Gasteiger partial charge is 0.464 e. The zero-order valence-electron chi connectivity index (χ0n) is 10.1. The molecule has 0 aliphatic rings. The van der Waals surface area contributed by atoms with E-state index in [-0.39, 0.29) is 5.97 Å². The quantitative estimate of drug-likeness (QED) is 0.714. The number of methoxy groups -OCH3 is 1. The average Bonchev–Trinajstić information content (AvgIpc) is 2.96. The number of benzene rings is 1. The maximum atomic E-state index is 11.4. The Morgan fingerprint density at radius 1 is 1.32 bits per heavy atom. The lowest BCUT2D eigenvalue weighted by atomic mass is 10.2. The Morgan fingerprint density at radius 2 is 2.11 bits per heavy atom. The summed E-state index contributed by atoms with van der Waals surface area (Å²) in [7, 11) is 1.37. The molecule has 19 heavy (non-hydrogen) atoms. The number of carbonyl (C=O) groups is 1. The van der Waals surface area contributed by atoms with Gasteiger partial charge in [0.05, 0.1) is 17.3 Å². The molecule has 1 aromatic carbocycles. The number of thiophene rings is 1. The SMILES string of the molecule is COC(=O)c1cc2sc(-c3ccccc3Cl)cc2[nH]1. The van der Waals surface area contributed by atoms with Crippen LogP contribution in [-0.4, -0.2) is 18.1 Å². The maximum absolute atomic E-state index is 11.4. The molecule has 3 aromatic rings. The van der Waals surface area contributed by atoms with Crippen LogP contribution in [-0.2, 0) is 4.74 Å². The minimum absolute atomic E-state index is 0.359. The lowest BCUT2D eigenvalue weighted by Gasteiger charge is -1.99. The number of fused-ring (bicyclic) bond motifs is 1. The van der Waals surface area contributed by atoms with Crippen LogP contribution in [0.5, 0.6) is 0 Å². The summed E-state index contributed by atoms with van der Waals surface area (Å²) in [6, 6.07) is 11.5. The van der Waals surface area contributed by atoms with Gasteiger partial charge < -0.3 is 9.72 Å². The number of halogens is 1. The van der Waals surface area contributed by atoms with Gasteiger partial charge in [0.15, 0.2) is 0 Å². The molecule has 5 heteroatoms. The molecule has 0 aliphatic heterocycles. The van der Waals surface area contributed by atoms with Crippen molar-refractivity contribution in [2.45, 2.75) is 0 Å². The molecule has 3 rings (SSSR count). The Labute approximate surface area is 118 Å². The summed E-state index contributed by atoms with van der Waals surface area (Å²) in [6.07, 6.45) is 0. The van der Waals surface area contributed by atoms with Crippen molar-refractivity contribution in [3.63, 3.8) is 0 Å². The molecule has 0 spiro atoms. The van der Waals surface area contributed by atoms with E-state index >= 15 is 0 Å². The highest BCUT2D eigenvalue weighted by Gasteiger charge is 2.13. The van der Waals surface area contributed by atoms with Crippen LogP contribution in [0, 0.1) is 0 Å². The highest BCUT2D eigenvalue weighted by Crippen LogP contribution is 2.37. The predicted molar refractivity (Wildman–Crippen MR) is 78.0 cm³/mol. The number of ether oxygens (including phenoxy) is 1. The molecular weight excluding hydrogens is 282 g/mol. The number of hydrogen-bond donors (Lipinski definition) is 1.